The number of aryl methyl sites for hydroxylation is 1. The largest absolute Gasteiger partial charge is 0.479 e. The molecule has 15 heavy (non-hydrogen) atoms. The molecule has 0 aliphatic rings. The summed E-state index contributed by atoms with van der Waals surface area (Å²) in [7, 11) is 1.30. The maximum atomic E-state index is 13.5. The van der Waals surface area contributed by atoms with Crippen LogP contribution in [0.15, 0.2) is 18.2 Å². The summed E-state index contributed by atoms with van der Waals surface area (Å²) in [6, 6.07) is 4.90. The van der Waals surface area contributed by atoms with E-state index in [-0.39, 0.29) is 12.2 Å². The first kappa shape index (κ1) is 11.7. The summed E-state index contributed by atoms with van der Waals surface area (Å²) in [6.07, 6.45) is -0.958. The molecule has 0 aliphatic carbocycles. The molecule has 0 fully saturated rings. The number of hydrogen-bond donors (Lipinski definition) is 1. The topological polar surface area (TPSA) is 46.5 Å². The van der Waals surface area contributed by atoms with Gasteiger partial charge in [-0.05, 0) is 18.1 Å². The summed E-state index contributed by atoms with van der Waals surface area (Å²) in [5.41, 5.74) is 0.872. The fraction of sp³-hybridized carbons (Fsp3) is 0.364. The maximum Gasteiger partial charge on any atom is 0.333 e. The predicted molar refractivity (Wildman–Crippen MR) is 53.3 cm³/mol. The Morgan fingerprint density at radius 3 is 2.80 bits per heavy atom. The molecule has 82 valence electrons. The van der Waals surface area contributed by atoms with Gasteiger partial charge in [-0.15, -0.1) is 0 Å². The zero-order valence-electron chi connectivity index (χ0n) is 8.66. The number of methoxy groups -OCH3 is 1. The van der Waals surface area contributed by atoms with Crippen molar-refractivity contribution in [3.8, 4) is 0 Å². The van der Waals surface area contributed by atoms with Gasteiger partial charge in [0.1, 0.15) is 5.82 Å². The van der Waals surface area contributed by atoms with Gasteiger partial charge in [-0.1, -0.05) is 18.2 Å². The van der Waals surface area contributed by atoms with E-state index in [0.29, 0.717) is 11.1 Å². The summed E-state index contributed by atoms with van der Waals surface area (Å²) in [6.45, 7) is 1.64. The Morgan fingerprint density at radius 2 is 2.27 bits per heavy atom. The van der Waals surface area contributed by atoms with E-state index < -0.39 is 12.1 Å². The van der Waals surface area contributed by atoms with Crippen molar-refractivity contribution in [2.45, 2.75) is 19.4 Å². The van der Waals surface area contributed by atoms with E-state index in [2.05, 4.69) is 0 Å². The van der Waals surface area contributed by atoms with Gasteiger partial charge >= 0.3 is 5.97 Å². The minimum Gasteiger partial charge on any atom is -0.479 e. The van der Waals surface area contributed by atoms with Crippen LogP contribution in [0.25, 0.3) is 0 Å². The zero-order valence-corrected chi connectivity index (χ0v) is 8.66. The molecule has 0 saturated carbocycles. The highest BCUT2D eigenvalue weighted by atomic mass is 19.1. The molecule has 1 aromatic carbocycles. The van der Waals surface area contributed by atoms with Gasteiger partial charge in [-0.2, -0.15) is 0 Å². The number of carboxylic acids is 1. The minimum absolute atomic E-state index is 0.0410. The molecule has 1 N–H and O–H groups in total. The summed E-state index contributed by atoms with van der Waals surface area (Å²) >= 11 is 0. The highest BCUT2D eigenvalue weighted by Crippen LogP contribution is 2.14. The van der Waals surface area contributed by atoms with Crippen LogP contribution >= 0.6 is 0 Å². The van der Waals surface area contributed by atoms with E-state index in [0.717, 1.165) is 0 Å². The van der Waals surface area contributed by atoms with E-state index in [1.54, 1.807) is 25.1 Å². The smallest absolute Gasteiger partial charge is 0.333 e. The fourth-order valence-corrected chi connectivity index (χ4v) is 1.34. The van der Waals surface area contributed by atoms with Gasteiger partial charge in [-0.25, -0.2) is 9.18 Å². The molecular formula is C11H13FO3. The number of carbonyl (C=O) groups is 1. The lowest BCUT2D eigenvalue weighted by atomic mass is 10.0. The zero-order chi connectivity index (χ0) is 11.4. The summed E-state index contributed by atoms with van der Waals surface area (Å²) in [4.78, 5) is 10.7. The van der Waals surface area contributed by atoms with Gasteiger partial charge in [0.05, 0.1) is 0 Å². The van der Waals surface area contributed by atoms with Crippen LogP contribution in [-0.2, 0) is 16.0 Å². The molecule has 1 aromatic rings. The Hall–Kier alpha value is -1.42. The molecule has 0 amide bonds. The fourth-order valence-electron chi connectivity index (χ4n) is 1.34. The van der Waals surface area contributed by atoms with Crippen molar-refractivity contribution in [3.63, 3.8) is 0 Å². The van der Waals surface area contributed by atoms with Crippen LogP contribution in [0.2, 0.25) is 0 Å². The van der Waals surface area contributed by atoms with Crippen LogP contribution in [0.1, 0.15) is 11.1 Å². The molecule has 1 unspecified atom stereocenters. The van der Waals surface area contributed by atoms with Crippen LogP contribution in [-0.4, -0.2) is 24.3 Å². The highest BCUT2D eigenvalue weighted by molar-refractivity contribution is 5.72. The third kappa shape index (κ3) is 2.76. The van der Waals surface area contributed by atoms with Gasteiger partial charge in [0.25, 0.3) is 0 Å². The Morgan fingerprint density at radius 1 is 1.60 bits per heavy atom. The molecule has 4 heteroatoms. The summed E-state index contributed by atoms with van der Waals surface area (Å²) in [5.74, 6) is -1.45. The Kier molecular flexibility index (Phi) is 3.80. The lowest BCUT2D eigenvalue weighted by molar-refractivity contribution is -0.148. The van der Waals surface area contributed by atoms with Gasteiger partial charge in [-0.3, -0.25) is 0 Å². The van der Waals surface area contributed by atoms with Crippen molar-refractivity contribution >= 4 is 5.97 Å². The van der Waals surface area contributed by atoms with Crippen molar-refractivity contribution in [2.75, 3.05) is 7.11 Å². The highest BCUT2D eigenvalue weighted by Gasteiger charge is 2.19. The Bertz CT molecular complexity index is 363. The normalized spacial score (nSPS) is 12.5. The molecule has 3 nitrogen and oxygen atoms in total. The third-order valence-corrected chi connectivity index (χ3v) is 2.24. The number of aliphatic carboxylic acids is 1. The van der Waals surface area contributed by atoms with Crippen molar-refractivity contribution in [3.05, 3.63) is 35.1 Å². The number of benzene rings is 1. The van der Waals surface area contributed by atoms with Crippen LogP contribution in [0.4, 0.5) is 4.39 Å². The summed E-state index contributed by atoms with van der Waals surface area (Å²) < 4.78 is 18.3. The number of hydrogen-bond acceptors (Lipinski definition) is 2. The van der Waals surface area contributed by atoms with Gasteiger partial charge in [0.15, 0.2) is 6.10 Å². The standard InChI is InChI=1S/C11H13FO3/c1-7-4-3-5-8(10(7)12)6-9(15-2)11(13)14/h3-5,9H,6H2,1-2H3,(H,13,14). The Balaban J connectivity index is 2.88. The molecule has 0 aliphatic heterocycles. The minimum atomic E-state index is -1.08. The second-order valence-corrected chi connectivity index (χ2v) is 3.31. The van der Waals surface area contributed by atoms with Crippen molar-refractivity contribution < 1.29 is 19.0 Å². The van der Waals surface area contributed by atoms with Crippen molar-refractivity contribution in [1.29, 1.82) is 0 Å². The van der Waals surface area contributed by atoms with E-state index in [4.69, 9.17) is 9.84 Å². The molecular weight excluding hydrogens is 199 g/mol. The van der Waals surface area contributed by atoms with Crippen LogP contribution in [0.3, 0.4) is 0 Å². The second-order valence-electron chi connectivity index (χ2n) is 3.31. The summed E-state index contributed by atoms with van der Waals surface area (Å²) in [5, 5.41) is 8.75. The second kappa shape index (κ2) is 4.89. The lowest BCUT2D eigenvalue weighted by Gasteiger charge is -2.11. The molecule has 1 rings (SSSR count). The molecule has 0 saturated heterocycles. The van der Waals surface area contributed by atoms with Crippen molar-refractivity contribution in [2.24, 2.45) is 0 Å². The number of halogens is 1. The average Bonchev–Trinajstić information content (AvgIpc) is 2.19. The van der Waals surface area contributed by atoms with Crippen LogP contribution in [0, 0.1) is 12.7 Å². The van der Waals surface area contributed by atoms with Crippen LogP contribution < -0.4 is 0 Å². The lowest BCUT2D eigenvalue weighted by Crippen LogP contribution is -2.25. The van der Waals surface area contributed by atoms with E-state index in [1.165, 1.54) is 7.11 Å². The maximum absolute atomic E-state index is 13.5. The molecule has 0 heterocycles. The van der Waals surface area contributed by atoms with Gasteiger partial charge < -0.3 is 9.84 Å². The van der Waals surface area contributed by atoms with E-state index in [9.17, 15) is 9.18 Å². The van der Waals surface area contributed by atoms with E-state index >= 15 is 0 Å². The quantitative estimate of drug-likeness (QED) is 0.827. The van der Waals surface area contributed by atoms with Gasteiger partial charge in [0, 0.05) is 13.5 Å². The number of ether oxygens (including phenoxy) is 1. The molecule has 0 radical (unpaired) electrons. The molecule has 0 aromatic heterocycles. The number of rotatable bonds is 4. The van der Waals surface area contributed by atoms with E-state index in [1.807, 2.05) is 0 Å². The molecule has 1 atom stereocenters. The molecule has 0 spiro atoms. The predicted octanol–water partition coefficient (Wildman–Crippen LogP) is 1.78. The third-order valence-electron chi connectivity index (χ3n) is 2.24. The Labute approximate surface area is 87.5 Å². The van der Waals surface area contributed by atoms with Crippen molar-refractivity contribution in [1.82, 2.24) is 0 Å². The first-order chi connectivity index (χ1) is 7.06. The monoisotopic (exact) mass is 212 g/mol. The molecule has 0 bridgehead atoms. The first-order valence-corrected chi connectivity index (χ1v) is 4.56. The number of carboxylic acid groups (broad SMARTS) is 1. The SMILES string of the molecule is COC(Cc1cccc(C)c1F)C(=O)O. The first-order valence-electron chi connectivity index (χ1n) is 4.56. The van der Waals surface area contributed by atoms with Gasteiger partial charge in [0.2, 0.25) is 0 Å². The van der Waals surface area contributed by atoms with Crippen LogP contribution in [0.5, 0.6) is 0 Å². The average molecular weight is 212 g/mol.